The second kappa shape index (κ2) is 10.6. The van der Waals surface area contributed by atoms with Crippen molar-refractivity contribution >= 4 is 11.8 Å². The lowest BCUT2D eigenvalue weighted by Crippen LogP contribution is -2.53. The van der Waals surface area contributed by atoms with Crippen molar-refractivity contribution in [2.45, 2.75) is 38.6 Å². The van der Waals surface area contributed by atoms with Crippen LogP contribution in [0.2, 0.25) is 0 Å². The highest BCUT2D eigenvalue weighted by atomic mass is 16.5. The third kappa shape index (κ3) is 6.05. The average Bonchev–Trinajstić information content (AvgIpc) is 2.79. The van der Waals surface area contributed by atoms with E-state index in [1.165, 1.54) is 36.0 Å². The number of carbonyl (C=O) groups is 2. The molecular weight excluding hydrogens is 392 g/mol. The zero-order valence-corrected chi connectivity index (χ0v) is 18.8. The molecule has 7 heteroatoms. The van der Waals surface area contributed by atoms with E-state index in [4.69, 9.17) is 4.74 Å². The third-order valence-electron chi connectivity index (χ3n) is 6.80. The Balaban J connectivity index is 1.19. The zero-order chi connectivity index (χ0) is 21.6. The van der Waals surface area contributed by atoms with Gasteiger partial charge in [-0.25, -0.2) is 0 Å². The van der Waals surface area contributed by atoms with Crippen LogP contribution in [0.3, 0.4) is 0 Å². The summed E-state index contributed by atoms with van der Waals surface area (Å²) in [6.45, 7) is 8.87. The van der Waals surface area contributed by atoms with Crippen molar-refractivity contribution in [1.82, 2.24) is 20.0 Å². The molecule has 2 amide bonds. The molecule has 1 N–H and O–H groups in total. The molecule has 0 saturated carbocycles. The van der Waals surface area contributed by atoms with Gasteiger partial charge in [0.1, 0.15) is 0 Å². The number of piperazine rings is 1. The number of aryl methyl sites for hydroxylation is 2. The molecule has 7 nitrogen and oxygen atoms in total. The second-order valence-electron chi connectivity index (χ2n) is 9.07. The van der Waals surface area contributed by atoms with Gasteiger partial charge in [-0.1, -0.05) is 18.2 Å². The summed E-state index contributed by atoms with van der Waals surface area (Å²) in [5.74, 6) is 0.241. The van der Waals surface area contributed by atoms with Gasteiger partial charge in [0, 0.05) is 39.3 Å². The first kappa shape index (κ1) is 22.2. The summed E-state index contributed by atoms with van der Waals surface area (Å²) in [4.78, 5) is 31.4. The summed E-state index contributed by atoms with van der Waals surface area (Å²) < 4.78 is 5.35. The third-order valence-corrected chi connectivity index (χ3v) is 6.80. The monoisotopic (exact) mass is 428 g/mol. The predicted octanol–water partition coefficient (Wildman–Crippen LogP) is 1.22. The Morgan fingerprint density at radius 1 is 0.935 bits per heavy atom. The molecule has 0 spiro atoms. The maximum atomic E-state index is 12.6. The van der Waals surface area contributed by atoms with E-state index in [-0.39, 0.29) is 17.9 Å². The largest absolute Gasteiger partial charge is 0.379 e. The molecule has 3 aliphatic rings. The molecule has 2 fully saturated rings. The molecule has 1 aliphatic carbocycles. The second-order valence-corrected chi connectivity index (χ2v) is 9.07. The summed E-state index contributed by atoms with van der Waals surface area (Å²) in [5, 5.41) is 3.16. The number of hydrogen-bond acceptors (Lipinski definition) is 5. The van der Waals surface area contributed by atoms with Gasteiger partial charge in [-0.3, -0.25) is 19.4 Å². The quantitative estimate of drug-likeness (QED) is 0.738. The Bertz CT molecular complexity index is 770. The van der Waals surface area contributed by atoms with Crippen molar-refractivity contribution in [3.63, 3.8) is 0 Å². The summed E-state index contributed by atoms with van der Waals surface area (Å²) in [7, 11) is 0. The average molecular weight is 429 g/mol. The lowest BCUT2D eigenvalue weighted by atomic mass is 9.89. The van der Waals surface area contributed by atoms with E-state index in [9.17, 15) is 9.59 Å². The number of hydrogen-bond donors (Lipinski definition) is 1. The van der Waals surface area contributed by atoms with E-state index >= 15 is 0 Å². The number of rotatable bonds is 6. The van der Waals surface area contributed by atoms with Crippen LogP contribution < -0.4 is 5.32 Å². The van der Waals surface area contributed by atoms with Crippen molar-refractivity contribution in [3.8, 4) is 0 Å². The van der Waals surface area contributed by atoms with E-state index in [1.807, 2.05) is 4.90 Å². The van der Waals surface area contributed by atoms with Gasteiger partial charge in [0.2, 0.25) is 11.8 Å². The number of nitrogens with one attached hydrogen (secondary N) is 1. The van der Waals surface area contributed by atoms with Crippen LogP contribution in [0, 0.1) is 0 Å². The van der Waals surface area contributed by atoms with Crippen molar-refractivity contribution in [1.29, 1.82) is 0 Å². The standard InChI is InChI=1S/C24H36N4O3/c1-19(21-7-6-20-4-2-3-5-22(20)16-21)25-23(29)17-26-8-10-28(11-9-26)24(30)18-27-12-14-31-15-13-27/h6-7,16,19H,2-5,8-15,17-18H2,1H3,(H,25,29). The molecule has 1 unspecified atom stereocenters. The van der Waals surface area contributed by atoms with Gasteiger partial charge in [0.15, 0.2) is 0 Å². The molecular formula is C24H36N4O3. The first-order valence-electron chi connectivity index (χ1n) is 11.8. The summed E-state index contributed by atoms with van der Waals surface area (Å²) in [5.41, 5.74) is 4.10. The van der Waals surface area contributed by atoms with Crippen LogP contribution in [0.1, 0.15) is 42.5 Å². The van der Waals surface area contributed by atoms with Gasteiger partial charge in [-0.15, -0.1) is 0 Å². The van der Waals surface area contributed by atoms with Gasteiger partial charge < -0.3 is 15.0 Å². The minimum atomic E-state index is 0.0103. The Morgan fingerprint density at radius 2 is 1.61 bits per heavy atom. The number of fused-ring (bicyclic) bond motifs is 1. The molecule has 4 rings (SSSR count). The van der Waals surface area contributed by atoms with Gasteiger partial charge in [-0.2, -0.15) is 0 Å². The van der Waals surface area contributed by atoms with Crippen molar-refractivity contribution < 1.29 is 14.3 Å². The fourth-order valence-electron chi connectivity index (χ4n) is 4.80. The first-order chi connectivity index (χ1) is 15.1. The lowest BCUT2D eigenvalue weighted by Gasteiger charge is -2.36. The normalized spacial score (nSPS) is 21.4. The van der Waals surface area contributed by atoms with Crippen molar-refractivity contribution in [2.75, 3.05) is 65.6 Å². The number of nitrogens with zero attached hydrogens (tertiary/aromatic N) is 3. The van der Waals surface area contributed by atoms with Gasteiger partial charge in [0.25, 0.3) is 0 Å². The summed E-state index contributed by atoms with van der Waals surface area (Å²) in [6, 6.07) is 6.68. The Hall–Kier alpha value is -1.96. The molecule has 2 heterocycles. The van der Waals surface area contributed by atoms with E-state index < -0.39 is 0 Å². The molecule has 1 aromatic rings. The van der Waals surface area contributed by atoms with E-state index in [0.717, 1.165) is 32.6 Å². The number of morpholine rings is 1. The first-order valence-corrected chi connectivity index (χ1v) is 11.8. The SMILES string of the molecule is CC(NC(=O)CN1CCN(C(=O)CN2CCOCC2)CC1)c1ccc2c(c1)CCCC2. The fraction of sp³-hybridized carbons (Fsp3) is 0.667. The van der Waals surface area contributed by atoms with Crippen molar-refractivity contribution in [2.24, 2.45) is 0 Å². The minimum Gasteiger partial charge on any atom is -0.379 e. The maximum Gasteiger partial charge on any atom is 0.236 e. The highest BCUT2D eigenvalue weighted by molar-refractivity contribution is 5.79. The Labute approximate surface area is 185 Å². The van der Waals surface area contributed by atoms with Crippen LogP contribution in [0.15, 0.2) is 18.2 Å². The summed E-state index contributed by atoms with van der Waals surface area (Å²) >= 11 is 0. The number of benzene rings is 1. The highest BCUT2D eigenvalue weighted by Crippen LogP contribution is 2.24. The molecule has 170 valence electrons. The Morgan fingerprint density at radius 3 is 2.35 bits per heavy atom. The minimum absolute atomic E-state index is 0.0103. The van der Waals surface area contributed by atoms with E-state index in [2.05, 4.69) is 40.2 Å². The van der Waals surface area contributed by atoms with Crippen LogP contribution in [0.4, 0.5) is 0 Å². The molecule has 1 aromatic carbocycles. The van der Waals surface area contributed by atoms with Crippen LogP contribution in [0.25, 0.3) is 0 Å². The predicted molar refractivity (Wildman–Crippen MR) is 120 cm³/mol. The van der Waals surface area contributed by atoms with Crippen LogP contribution in [0.5, 0.6) is 0 Å². The molecule has 2 aliphatic heterocycles. The molecule has 0 radical (unpaired) electrons. The van der Waals surface area contributed by atoms with Crippen LogP contribution in [-0.2, 0) is 27.2 Å². The topological polar surface area (TPSA) is 65.1 Å². The molecule has 31 heavy (non-hydrogen) atoms. The van der Waals surface area contributed by atoms with Crippen molar-refractivity contribution in [3.05, 3.63) is 34.9 Å². The Kier molecular flexibility index (Phi) is 7.58. The van der Waals surface area contributed by atoms with Crippen LogP contribution in [-0.4, -0.2) is 92.1 Å². The fourth-order valence-corrected chi connectivity index (χ4v) is 4.80. The molecule has 0 bridgehead atoms. The van der Waals surface area contributed by atoms with Crippen LogP contribution >= 0.6 is 0 Å². The van der Waals surface area contributed by atoms with Gasteiger partial charge in [-0.05, 0) is 49.3 Å². The number of amides is 2. The summed E-state index contributed by atoms with van der Waals surface area (Å²) in [6.07, 6.45) is 4.87. The molecule has 0 aromatic heterocycles. The van der Waals surface area contributed by atoms with Gasteiger partial charge >= 0.3 is 0 Å². The highest BCUT2D eigenvalue weighted by Gasteiger charge is 2.25. The maximum absolute atomic E-state index is 12.6. The lowest BCUT2D eigenvalue weighted by molar-refractivity contribution is -0.135. The van der Waals surface area contributed by atoms with Gasteiger partial charge in [0.05, 0.1) is 32.3 Å². The number of carbonyl (C=O) groups excluding carboxylic acids is 2. The zero-order valence-electron chi connectivity index (χ0n) is 18.8. The number of ether oxygens (including phenoxy) is 1. The van der Waals surface area contributed by atoms with E-state index in [0.29, 0.717) is 39.4 Å². The smallest absolute Gasteiger partial charge is 0.236 e. The molecule has 2 saturated heterocycles. The molecule has 1 atom stereocenters. The van der Waals surface area contributed by atoms with E-state index in [1.54, 1.807) is 0 Å².